The van der Waals surface area contributed by atoms with Crippen molar-refractivity contribution in [3.63, 3.8) is 0 Å². The number of hydrogen-bond acceptors (Lipinski definition) is 6. The maximum atomic E-state index is 13.5. The Kier molecular flexibility index (Phi) is 9.89. The number of carbonyl (C=O) groups excluding carboxylic acids is 2. The molecule has 2 aromatic rings. The van der Waals surface area contributed by atoms with Crippen molar-refractivity contribution in [2.45, 2.75) is 69.6 Å². The summed E-state index contributed by atoms with van der Waals surface area (Å²) >= 11 is 0. The first kappa shape index (κ1) is 29.8. The van der Waals surface area contributed by atoms with Crippen LogP contribution >= 0.6 is 0 Å². The van der Waals surface area contributed by atoms with Gasteiger partial charge in [-0.2, -0.15) is 0 Å². The normalized spacial score (nSPS) is 22.0. The lowest BCUT2D eigenvalue weighted by Crippen LogP contribution is -2.51. The number of benzene rings is 2. The van der Waals surface area contributed by atoms with Gasteiger partial charge >= 0.3 is 6.09 Å². The molecule has 2 aliphatic heterocycles. The molecular weight excluding hydrogens is 532 g/mol. The monoisotopic (exact) mass is 574 g/mol. The fourth-order valence-electron chi connectivity index (χ4n) is 6.95. The Morgan fingerprint density at radius 3 is 2.31 bits per heavy atom. The molecule has 224 valence electrons. The SMILES string of the molecule is C=CCN(C(=O)OCc1ccc([N+](=O)[O-])cc1)C1CCN([C@@H]2CN(C(=O)C3CCCCC3)C[C@H]2c2ccccc2)CC1. The van der Waals surface area contributed by atoms with E-state index in [1.165, 1.54) is 24.1 Å². The first-order chi connectivity index (χ1) is 20.4. The Morgan fingerprint density at radius 1 is 0.976 bits per heavy atom. The fourth-order valence-corrected chi connectivity index (χ4v) is 6.95. The standard InChI is InChI=1S/C33H42N4O5/c1-2-19-36(33(39)42-24-25-13-15-29(16-14-25)37(40)41)28-17-20-34(21-18-28)31-23-35(32(38)27-11-7-4-8-12-27)22-30(31)26-9-5-3-6-10-26/h2-3,5-6,9-10,13-16,27-28,30-31H,1,4,7-8,11-12,17-24H2/t30-,31+/m0/s1. The molecule has 3 fully saturated rings. The number of likely N-dealkylation sites (tertiary alicyclic amines) is 2. The third-order valence-corrected chi connectivity index (χ3v) is 9.26. The van der Waals surface area contributed by atoms with Gasteiger partial charge in [-0.15, -0.1) is 6.58 Å². The molecule has 2 saturated heterocycles. The third-order valence-electron chi connectivity index (χ3n) is 9.26. The Hall–Kier alpha value is -3.72. The predicted octanol–water partition coefficient (Wildman–Crippen LogP) is 5.76. The van der Waals surface area contributed by atoms with E-state index in [2.05, 4.69) is 40.6 Å². The topological polar surface area (TPSA) is 96.2 Å². The van der Waals surface area contributed by atoms with Crippen LogP contribution in [0.2, 0.25) is 0 Å². The lowest BCUT2D eigenvalue weighted by atomic mass is 9.88. The van der Waals surface area contributed by atoms with E-state index < -0.39 is 11.0 Å². The minimum absolute atomic E-state index is 0.00311. The van der Waals surface area contributed by atoms with Crippen LogP contribution in [0.1, 0.15) is 62.0 Å². The van der Waals surface area contributed by atoms with E-state index >= 15 is 0 Å². The molecule has 9 nitrogen and oxygen atoms in total. The molecule has 0 unspecified atom stereocenters. The molecule has 2 atom stereocenters. The zero-order valence-corrected chi connectivity index (χ0v) is 24.3. The fraction of sp³-hybridized carbons (Fsp3) is 0.515. The zero-order valence-electron chi connectivity index (χ0n) is 24.3. The number of amides is 2. The van der Waals surface area contributed by atoms with Crippen LogP contribution < -0.4 is 0 Å². The summed E-state index contributed by atoms with van der Waals surface area (Å²) in [4.78, 5) is 43.5. The quantitative estimate of drug-likeness (QED) is 0.215. The van der Waals surface area contributed by atoms with Crippen LogP contribution in [0.15, 0.2) is 67.3 Å². The van der Waals surface area contributed by atoms with Gasteiger partial charge in [-0.05, 0) is 48.9 Å². The van der Waals surface area contributed by atoms with E-state index in [9.17, 15) is 19.7 Å². The van der Waals surface area contributed by atoms with Gasteiger partial charge in [0.2, 0.25) is 5.91 Å². The molecule has 0 radical (unpaired) electrons. The number of ether oxygens (including phenoxy) is 1. The highest BCUT2D eigenvalue weighted by atomic mass is 16.6. The Bertz CT molecular complexity index is 1220. The van der Waals surface area contributed by atoms with E-state index in [-0.39, 0.29) is 36.2 Å². The van der Waals surface area contributed by atoms with E-state index in [0.29, 0.717) is 18.0 Å². The third kappa shape index (κ3) is 7.01. The van der Waals surface area contributed by atoms with Crippen molar-refractivity contribution in [1.82, 2.24) is 14.7 Å². The van der Waals surface area contributed by atoms with Gasteiger partial charge in [-0.25, -0.2) is 4.79 Å². The number of rotatable bonds is 9. The Balaban J connectivity index is 1.21. The molecule has 1 aliphatic carbocycles. The number of hydrogen-bond donors (Lipinski definition) is 0. The summed E-state index contributed by atoms with van der Waals surface area (Å²) in [7, 11) is 0. The van der Waals surface area contributed by atoms with Gasteiger partial charge in [0, 0.05) is 68.8 Å². The summed E-state index contributed by atoms with van der Waals surface area (Å²) in [6, 6.07) is 16.9. The van der Waals surface area contributed by atoms with Crippen LogP contribution in [-0.4, -0.2) is 76.4 Å². The van der Waals surface area contributed by atoms with Gasteiger partial charge in [0.25, 0.3) is 5.69 Å². The molecule has 2 amide bonds. The summed E-state index contributed by atoms with van der Waals surface area (Å²) in [6.07, 6.45) is 8.52. The average molecular weight is 575 g/mol. The van der Waals surface area contributed by atoms with Crippen molar-refractivity contribution < 1.29 is 19.2 Å². The van der Waals surface area contributed by atoms with Gasteiger partial charge in [0.05, 0.1) is 4.92 Å². The van der Waals surface area contributed by atoms with E-state index in [0.717, 1.165) is 64.7 Å². The minimum Gasteiger partial charge on any atom is -0.445 e. The van der Waals surface area contributed by atoms with Crippen LogP contribution in [0.4, 0.5) is 10.5 Å². The van der Waals surface area contributed by atoms with Crippen molar-refractivity contribution in [2.24, 2.45) is 5.92 Å². The maximum absolute atomic E-state index is 13.5. The smallest absolute Gasteiger partial charge is 0.410 e. The summed E-state index contributed by atoms with van der Waals surface area (Å²) in [5, 5.41) is 10.9. The highest BCUT2D eigenvalue weighted by molar-refractivity contribution is 5.79. The first-order valence-electron chi connectivity index (χ1n) is 15.3. The number of non-ortho nitro benzene ring substituents is 1. The van der Waals surface area contributed by atoms with Gasteiger partial charge in [-0.3, -0.25) is 19.8 Å². The van der Waals surface area contributed by atoms with Crippen molar-refractivity contribution in [1.29, 1.82) is 0 Å². The second kappa shape index (κ2) is 14.0. The zero-order chi connectivity index (χ0) is 29.5. The summed E-state index contributed by atoms with van der Waals surface area (Å²) in [5.74, 6) is 0.774. The Morgan fingerprint density at radius 2 is 1.67 bits per heavy atom. The molecule has 0 N–H and O–H groups in total. The van der Waals surface area contributed by atoms with E-state index in [1.54, 1.807) is 23.1 Å². The van der Waals surface area contributed by atoms with Crippen LogP contribution in [0, 0.1) is 16.0 Å². The minimum atomic E-state index is -0.451. The number of carbonyl (C=O) groups is 2. The van der Waals surface area contributed by atoms with Gasteiger partial charge < -0.3 is 14.5 Å². The molecule has 0 spiro atoms. The second-order valence-corrected chi connectivity index (χ2v) is 11.8. The van der Waals surface area contributed by atoms with Gasteiger partial charge in [0.1, 0.15) is 6.61 Å². The molecule has 2 heterocycles. The van der Waals surface area contributed by atoms with Crippen LogP contribution in [0.5, 0.6) is 0 Å². The highest BCUT2D eigenvalue weighted by Gasteiger charge is 2.42. The lowest BCUT2D eigenvalue weighted by molar-refractivity contribution is -0.384. The highest BCUT2D eigenvalue weighted by Crippen LogP contribution is 2.36. The van der Waals surface area contributed by atoms with Crippen LogP contribution in [0.3, 0.4) is 0 Å². The largest absolute Gasteiger partial charge is 0.445 e. The molecule has 5 rings (SSSR count). The lowest BCUT2D eigenvalue weighted by Gasteiger charge is -2.41. The van der Waals surface area contributed by atoms with Crippen molar-refractivity contribution >= 4 is 17.7 Å². The van der Waals surface area contributed by atoms with Crippen molar-refractivity contribution in [2.75, 3.05) is 32.7 Å². The maximum Gasteiger partial charge on any atom is 0.410 e. The number of nitro groups is 1. The van der Waals surface area contributed by atoms with Crippen LogP contribution in [0.25, 0.3) is 0 Å². The molecule has 0 bridgehead atoms. The first-order valence-corrected chi connectivity index (χ1v) is 15.3. The summed E-state index contributed by atoms with van der Waals surface area (Å²) in [6.45, 7) is 7.49. The molecule has 3 aliphatic rings. The number of nitro benzene ring substituents is 1. The molecule has 9 heteroatoms. The summed E-state index contributed by atoms with van der Waals surface area (Å²) in [5.41, 5.74) is 1.98. The van der Waals surface area contributed by atoms with Crippen molar-refractivity contribution in [3.8, 4) is 0 Å². The predicted molar refractivity (Wildman–Crippen MR) is 161 cm³/mol. The average Bonchev–Trinajstić information content (AvgIpc) is 3.49. The second-order valence-electron chi connectivity index (χ2n) is 11.8. The number of piperidine rings is 1. The molecule has 0 aromatic heterocycles. The Labute approximate surface area is 248 Å². The molecule has 2 aromatic carbocycles. The van der Waals surface area contributed by atoms with Crippen molar-refractivity contribution in [3.05, 3.63) is 88.5 Å². The van der Waals surface area contributed by atoms with Gasteiger partial charge in [0.15, 0.2) is 0 Å². The number of nitrogens with zero attached hydrogens (tertiary/aromatic N) is 4. The van der Waals surface area contributed by atoms with E-state index in [1.807, 2.05) is 6.07 Å². The molecule has 42 heavy (non-hydrogen) atoms. The van der Waals surface area contributed by atoms with Crippen LogP contribution in [-0.2, 0) is 16.1 Å². The van der Waals surface area contributed by atoms with Gasteiger partial charge in [-0.1, -0.05) is 55.7 Å². The molecular formula is C33H42N4O5. The van der Waals surface area contributed by atoms with E-state index in [4.69, 9.17) is 4.74 Å². The molecule has 1 saturated carbocycles. The summed E-state index contributed by atoms with van der Waals surface area (Å²) < 4.78 is 5.61.